The van der Waals surface area contributed by atoms with Crippen molar-refractivity contribution in [3.05, 3.63) is 46.5 Å². The monoisotopic (exact) mass is 678 g/mol. The number of phenols is 1. The number of phenolic OH excluding ortho intramolecular Hbond substituents is 1. The van der Waals surface area contributed by atoms with E-state index in [4.69, 9.17) is 18.9 Å². The van der Waals surface area contributed by atoms with Gasteiger partial charge in [-0.05, 0) is 84.0 Å². The average molecular weight is 679 g/mol. The van der Waals surface area contributed by atoms with Crippen LogP contribution in [0.15, 0.2) is 24.3 Å². The molecule has 4 aliphatic heterocycles. The summed E-state index contributed by atoms with van der Waals surface area (Å²) >= 11 is 0. The van der Waals surface area contributed by atoms with Gasteiger partial charge in [-0.25, -0.2) is 0 Å². The largest absolute Gasteiger partial charge is 0.504 e. The number of carbonyl (C=O) groups excluding carboxylic acids is 2. The summed E-state index contributed by atoms with van der Waals surface area (Å²) in [4.78, 5) is 30.2. The molecule has 0 aliphatic carbocycles. The number of nitrogens with zero attached hydrogens (tertiary/aromatic N) is 2. The number of hydrogen-bond donors (Lipinski definition) is 1. The third kappa shape index (κ3) is 8.78. The van der Waals surface area contributed by atoms with E-state index < -0.39 is 0 Å². The van der Waals surface area contributed by atoms with Crippen LogP contribution in [0.1, 0.15) is 94.1 Å². The van der Waals surface area contributed by atoms with Crippen LogP contribution in [0.3, 0.4) is 0 Å². The molecule has 0 spiro atoms. The van der Waals surface area contributed by atoms with E-state index in [-0.39, 0.29) is 29.7 Å². The highest BCUT2D eigenvalue weighted by atomic mass is 16.5. The fraction of sp³-hybridized carbons (Fsp3) is 0.650. The molecule has 2 fully saturated rings. The van der Waals surface area contributed by atoms with Gasteiger partial charge in [0.1, 0.15) is 11.6 Å². The van der Waals surface area contributed by atoms with Crippen molar-refractivity contribution in [3.8, 4) is 23.0 Å². The minimum Gasteiger partial charge on any atom is -0.504 e. The van der Waals surface area contributed by atoms with E-state index in [0.717, 1.165) is 80.9 Å². The first-order chi connectivity index (χ1) is 23.5. The molecule has 2 aromatic rings. The molecule has 0 radical (unpaired) electrons. The Balaban J connectivity index is 0.000000195. The number of carbonyl (C=O) groups is 2. The Bertz CT molecular complexity index is 1460. The van der Waals surface area contributed by atoms with Crippen molar-refractivity contribution in [1.29, 1.82) is 0 Å². The first-order valence-electron chi connectivity index (χ1n) is 18.3. The van der Waals surface area contributed by atoms with E-state index in [1.165, 1.54) is 11.1 Å². The molecule has 2 saturated heterocycles. The van der Waals surface area contributed by atoms with Gasteiger partial charge in [0.2, 0.25) is 0 Å². The second kappa shape index (κ2) is 16.7. The normalized spacial score (nSPS) is 23.6. The number of rotatable bonds is 11. The summed E-state index contributed by atoms with van der Waals surface area (Å²) in [5, 5.41) is 9.95. The number of methoxy groups -OCH3 is 3. The fourth-order valence-electron chi connectivity index (χ4n) is 8.30. The van der Waals surface area contributed by atoms with E-state index in [1.54, 1.807) is 27.4 Å². The van der Waals surface area contributed by atoms with Crippen LogP contribution in [-0.4, -0.2) is 87.2 Å². The number of aromatic hydroxyl groups is 1. The van der Waals surface area contributed by atoms with E-state index >= 15 is 0 Å². The van der Waals surface area contributed by atoms with Crippen LogP contribution in [0.5, 0.6) is 23.0 Å². The standard InChI is InChI=1S/C22H33NO4.C18H25NO3/c1-15(2)10-17-14-23-7-6-16-11-22(27-9-5-8-25-3)21(26-4)12-18(16)19(23)13-20(17)24;1-11(2)6-13-10-19-5-4-12-7-17(21)18(22-3)8-14(12)15(19)9-16(13)20/h11-12,15,17,19H,5-10,13-14H2,1-4H3;7-8,11,13,15,21H,4-6,9-10H2,1-3H3. The lowest BCUT2D eigenvalue weighted by atomic mass is 9.80. The SMILES string of the molecule is COCCCOc1cc2c(cc1OC)C1CC(=O)C(CC(C)C)CN1CC2.COc1cc2c(cc1O)CCN1CC(CC(C)C)C(=O)CC21. The summed E-state index contributed by atoms with van der Waals surface area (Å²) < 4.78 is 21.8. The van der Waals surface area contributed by atoms with Crippen LogP contribution < -0.4 is 14.2 Å². The molecule has 4 unspecified atom stereocenters. The zero-order valence-corrected chi connectivity index (χ0v) is 30.8. The van der Waals surface area contributed by atoms with Gasteiger partial charge in [-0.2, -0.15) is 0 Å². The van der Waals surface area contributed by atoms with Gasteiger partial charge in [0.25, 0.3) is 0 Å². The molecule has 270 valence electrons. The van der Waals surface area contributed by atoms with Gasteiger partial charge in [0.05, 0.1) is 20.8 Å². The number of ketones is 2. The van der Waals surface area contributed by atoms with E-state index in [0.29, 0.717) is 55.2 Å². The topological polar surface area (TPSA) is 97.8 Å². The molecule has 2 aromatic carbocycles. The van der Waals surface area contributed by atoms with Gasteiger partial charge < -0.3 is 24.1 Å². The van der Waals surface area contributed by atoms with Crippen LogP contribution in [0.2, 0.25) is 0 Å². The summed E-state index contributed by atoms with van der Waals surface area (Å²) in [5.74, 6) is 4.51. The molecule has 9 heteroatoms. The summed E-state index contributed by atoms with van der Waals surface area (Å²) in [7, 11) is 4.93. The predicted molar refractivity (Wildman–Crippen MR) is 191 cm³/mol. The smallest absolute Gasteiger partial charge is 0.161 e. The van der Waals surface area contributed by atoms with Crippen LogP contribution in [0, 0.1) is 23.7 Å². The minimum absolute atomic E-state index is 0.147. The van der Waals surface area contributed by atoms with E-state index in [2.05, 4.69) is 49.6 Å². The van der Waals surface area contributed by atoms with Crippen molar-refractivity contribution >= 4 is 11.6 Å². The molecule has 4 atom stereocenters. The van der Waals surface area contributed by atoms with Crippen molar-refractivity contribution in [2.24, 2.45) is 23.7 Å². The number of piperidine rings is 2. The lowest BCUT2D eigenvalue weighted by Crippen LogP contribution is -2.46. The number of fused-ring (bicyclic) bond motifs is 6. The lowest BCUT2D eigenvalue weighted by Gasteiger charge is -2.43. The van der Waals surface area contributed by atoms with Crippen molar-refractivity contribution in [2.75, 3.05) is 60.7 Å². The third-order valence-corrected chi connectivity index (χ3v) is 10.7. The highest BCUT2D eigenvalue weighted by Crippen LogP contribution is 2.44. The molecule has 4 aliphatic rings. The number of Topliss-reactive ketones (excluding diaryl/α,β-unsaturated/α-hetero) is 2. The molecular weight excluding hydrogens is 620 g/mol. The maximum Gasteiger partial charge on any atom is 0.161 e. The fourth-order valence-corrected chi connectivity index (χ4v) is 8.30. The first kappa shape index (κ1) is 37.1. The Kier molecular flexibility index (Phi) is 12.7. The van der Waals surface area contributed by atoms with Crippen LogP contribution in [-0.2, 0) is 27.2 Å². The van der Waals surface area contributed by atoms with Crippen LogP contribution >= 0.6 is 0 Å². The third-order valence-electron chi connectivity index (χ3n) is 10.7. The Morgan fingerprint density at radius 1 is 0.714 bits per heavy atom. The number of ether oxygens (including phenoxy) is 4. The zero-order chi connectivity index (χ0) is 35.2. The lowest BCUT2D eigenvalue weighted by molar-refractivity contribution is -0.130. The maximum atomic E-state index is 12.7. The Labute approximate surface area is 293 Å². The van der Waals surface area contributed by atoms with Gasteiger partial charge >= 0.3 is 0 Å². The predicted octanol–water partition coefficient (Wildman–Crippen LogP) is 6.58. The summed E-state index contributed by atoms with van der Waals surface area (Å²) in [6, 6.07) is 8.25. The zero-order valence-electron chi connectivity index (χ0n) is 30.8. The van der Waals surface area contributed by atoms with Gasteiger partial charge in [-0.1, -0.05) is 27.7 Å². The molecule has 49 heavy (non-hydrogen) atoms. The average Bonchev–Trinajstić information content (AvgIpc) is 3.06. The molecular formula is C40H58N2O7. The highest BCUT2D eigenvalue weighted by Gasteiger charge is 2.40. The summed E-state index contributed by atoms with van der Waals surface area (Å²) in [6.07, 6.45) is 5.93. The minimum atomic E-state index is 0.147. The van der Waals surface area contributed by atoms with E-state index in [9.17, 15) is 14.7 Å². The second-order valence-electron chi connectivity index (χ2n) is 15.1. The highest BCUT2D eigenvalue weighted by molar-refractivity contribution is 5.83. The molecule has 0 amide bonds. The molecule has 0 saturated carbocycles. The van der Waals surface area contributed by atoms with Gasteiger partial charge in [-0.3, -0.25) is 19.4 Å². The first-order valence-corrected chi connectivity index (χ1v) is 18.3. The molecule has 4 heterocycles. The van der Waals surface area contributed by atoms with Gasteiger partial charge in [0.15, 0.2) is 23.0 Å². The van der Waals surface area contributed by atoms with Crippen molar-refractivity contribution < 1.29 is 33.6 Å². The second-order valence-corrected chi connectivity index (χ2v) is 15.1. The molecule has 0 bridgehead atoms. The quantitative estimate of drug-likeness (QED) is 0.265. The molecule has 6 rings (SSSR count). The molecule has 0 aromatic heterocycles. The van der Waals surface area contributed by atoms with Crippen molar-refractivity contribution in [2.45, 2.75) is 84.7 Å². The Hall–Kier alpha value is -3.14. The Morgan fingerprint density at radius 3 is 1.71 bits per heavy atom. The van der Waals surface area contributed by atoms with Crippen molar-refractivity contribution in [1.82, 2.24) is 9.80 Å². The number of hydrogen-bond acceptors (Lipinski definition) is 9. The van der Waals surface area contributed by atoms with Gasteiger partial charge in [-0.15, -0.1) is 0 Å². The summed E-state index contributed by atoms with van der Waals surface area (Å²) in [5.41, 5.74) is 4.82. The molecule has 1 N–H and O–H groups in total. The maximum absolute atomic E-state index is 12.7. The van der Waals surface area contributed by atoms with Crippen LogP contribution in [0.25, 0.3) is 0 Å². The van der Waals surface area contributed by atoms with Crippen LogP contribution in [0.4, 0.5) is 0 Å². The summed E-state index contributed by atoms with van der Waals surface area (Å²) in [6.45, 7) is 13.8. The molecule has 9 nitrogen and oxygen atoms in total. The number of benzene rings is 2. The van der Waals surface area contributed by atoms with Gasteiger partial charge in [0, 0.05) is 83.1 Å². The Morgan fingerprint density at radius 2 is 1.22 bits per heavy atom. The van der Waals surface area contributed by atoms with Crippen molar-refractivity contribution in [3.63, 3.8) is 0 Å². The van der Waals surface area contributed by atoms with E-state index in [1.807, 2.05) is 6.07 Å².